The van der Waals surface area contributed by atoms with Gasteiger partial charge in [0, 0.05) is 25.0 Å². The Morgan fingerprint density at radius 3 is 2.80 bits per heavy atom. The van der Waals surface area contributed by atoms with Crippen LogP contribution in [0.3, 0.4) is 0 Å². The Hall–Kier alpha value is -0.610. The number of hydrogen-bond donors (Lipinski definition) is 1. The molecule has 1 saturated carbocycles. The molecule has 3 fully saturated rings. The van der Waals surface area contributed by atoms with Crippen LogP contribution in [0, 0.1) is 17.8 Å². The molecule has 4 unspecified atom stereocenters. The van der Waals surface area contributed by atoms with Crippen LogP contribution in [0.15, 0.2) is 0 Å². The van der Waals surface area contributed by atoms with Gasteiger partial charge in [0.05, 0.1) is 0 Å². The van der Waals surface area contributed by atoms with E-state index in [1.165, 1.54) is 25.8 Å². The summed E-state index contributed by atoms with van der Waals surface area (Å²) in [6.45, 7) is 3.85. The van der Waals surface area contributed by atoms with Crippen molar-refractivity contribution in [1.82, 2.24) is 9.80 Å². The molecule has 1 aliphatic carbocycles. The highest BCUT2D eigenvalue weighted by Gasteiger charge is 2.40. The number of fused-ring (bicyclic) bond motifs is 1. The molecule has 2 N–H and O–H groups in total. The van der Waals surface area contributed by atoms with Crippen molar-refractivity contribution in [1.29, 1.82) is 0 Å². The lowest BCUT2D eigenvalue weighted by Crippen LogP contribution is -2.55. The molecule has 1 amide bonds. The molecule has 4 heteroatoms. The lowest BCUT2D eigenvalue weighted by atomic mass is 9.83. The summed E-state index contributed by atoms with van der Waals surface area (Å²) in [6, 6.07) is 0.710. The van der Waals surface area contributed by atoms with Gasteiger partial charge < -0.3 is 15.5 Å². The van der Waals surface area contributed by atoms with Gasteiger partial charge in [-0.15, -0.1) is 0 Å². The van der Waals surface area contributed by atoms with Gasteiger partial charge in [0.15, 0.2) is 0 Å². The van der Waals surface area contributed by atoms with Crippen LogP contribution in [0.1, 0.15) is 38.5 Å². The van der Waals surface area contributed by atoms with Crippen LogP contribution in [0.5, 0.6) is 0 Å². The molecule has 3 aliphatic rings. The largest absolute Gasteiger partial charge is 0.342 e. The van der Waals surface area contributed by atoms with Gasteiger partial charge in [0.2, 0.25) is 5.91 Å². The third kappa shape index (κ3) is 2.60. The van der Waals surface area contributed by atoms with E-state index in [4.69, 9.17) is 5.73 Å². The summed E-state index contributed by atoms with van der Waals surface area (Å²) in [7, 11) is 2.25. The number of piperidine rings is 2. The Bertz CT molecular complexity index is 360. The molecule has 0 aromatic heterocycles. The SMILES string of the molecule is CN1CCCC2CN(C(=O)C3CCCC3CN)CCC21. The van der Waals surface area contributed by atoms with Crippen LogP contribution in [0.4, 0.5) is 0 Å². The van der Waals surface area contributed by atoms with E-state index in [1.54, 1.807) is 0 Å². The van der Waals surface area contributed by atoms with Crippen molar-refractivity contribution < 1.29 is 4.79 Å². The van der Waals surface area contributed by atoms with Crippen molar-refractivity contribution in [3.05, 3.63) is 0 Å². The first-order chi connectivity index (χ1) is 9.70. The maximum atomic E-state index is 12.8. The van der Waals surface area contributed by atoms with Gasteiger partial charge in [-0.2, -0.15) is 0 Å². The first-order valence-corrected chi connectivity index (χ1v) is 8.39. The highest BCUT2D eigenvalue weighted by molar-refractivity contribution is 5.79. The summed E-state index contributed by atoms with van der Waals surface area (Å²) in [5, 5.41) is 0. The third-order valence-electron chi connectivity index (χ3n) is 5.94. The Balaban J connectivity index is 1.62. The molecule has 2 aliphatic heterocycles. The zero-order valence-corrected chi connectivity index (χ0v) is 12.8. The van der Waals surface area contributed by atoms with Crippen molar-refractivity contribution in [2.45, 2.75) is 44.6 Å². The number of carbonyl (C=O) groups excluding carboxylic acids is 1. The van der Waals surface area contributed by atoms with Crippen molar-refractivity contribution >= 4 is 5.91 Å². The van der Waals surface area contributed by atoms with Crippen molar-refractivity contribution in [3.63, 3.8) is 0 Å². The molecule has 0 aromatic carbocycles. The molecular weight excluding hydrogens is 250 g/mol. The van der Waals surface area contributed by atoms with Gasteiger partial charge >= 0.3 is 0 Å². The minimum atomic E-state index is 0.220. The van der Waals surface area contributed by atoms with Crippen LogP contribution in [0.25, 0.3) is 0 Å². The average molecular weight is 279 g/mol. The van der Waals surface area contributed by atoms with Gasteiger partial charge in [-0.1, -0.05) is 6.42 Å². The Morgan fingerprint density at radius 2 is 2.00 bits per heavy atom. The lowest BCUT2D eigenvalue weighted by molar-refractivity contribution is -0.140. The number of hydrogen-bond acceptors (Lipinski definition) is 3. The highest BCUT2D eigenvalue weighted by Crippen LogP contribution is 2.35. The molecule has 3 rings (SSSR count). The molecule has 0 spiro atoms. The van der Waals surface area contributed by atoms with Crippen LogP contribution in [0.2, 0.25) is 0 Å². The van der Waals surface area contributed by atoms with Crippen LogP contribution in [-0.2, 0) is 4.79 Å². The second-order valence-electron chi connectivity index (χ2n) is 7.06. The predicted octanol–water partition coefficient (Wildman–Crippen LogP) is 1.30. The first-order valence-electron chi connectivity index (χ1n) is 8.39. The smallest absolute Gasteiger partial charge is 0.226 e. The fourth-order valence-corrected chi connectivity index (χ4v) is 4.73. The number of nitrogens with zero attached hydrogens (tertiary/aromatic N) is 2. The Kier molecular flexibility index (Phi) is 4.32. The van der Waals surface area contributed by atoms with E-state index >= 15 is 0 Å². The molecule has 20 heavy (non-hydrogen) atoms. The van der Waals surface area contributed by atoms with Gasteiger partial charge in [-0.25, -0.2) is 0 Å². The molecular formula is C16H29N3O. The number of amides is 1. The summed E-state index contributed by atoms with van der Waals surface area (Å²) < 4.78 is 0. The molecule has 114 valence electrons. The molecule has 4 nitrogen and oxygen atoms in total. The minimum Gasteiger partial charge on any atom is -0.342 e. The highest BCUT2D eigenvalue weighted by atomic mass is 16.2. The Labute approximate surface area is 122 Å². The third-order valence-corrected chi connectivity index (χ3v) is 5.94. The molecule has 2 saturated heterocycles. The second kappa shape index (κ2) is 6.02. The first kappa shape index (κ1) is 14.3. The molecule has 0 bridgehead atoms. The number of carbonyl (C=O) groups is 1. The zero-order valence-electron chi connectivity index (χ0n) is 12.8. The van der Waals surface area contributed by atoms with Gasteiger partial charge in [0.25, 0.3) is 0 Å². The van der Waals surface area contributed by atoms with E-state index in [9.17, 15) is 4.79 Å². The predicted molar refractivity (Wildman–Crippen MR) is 80.2 cm³/mol. The van der Waals surface area contributed by atoms with E-state index in [0.29, 0.717) is 30.3 Å². The molecule has 0 radical (unpaired) electrons. The summed E-state index contributed by atoms with van der Waals surface area (Å²) in [4.78, 5) is 17.5. The van der Waals surface area contributed by atoms with Crippen molar-refractivity contribution in [2.24, 2.45) is 23.5 Å². The van der Waals surface area contributed by atoms with Gasteiger partial charge in [-0.3, -0.25) is 4.79 Å². The fraction of sp³-hybridized carbons (Fsp3) is 0.938. The van der Waals surface area contributed by atoms with E-state index < -0.39 is 0 Å². The summed E-state index contributed by atoms with van der Waals surface area (Å²) in [5.74, 6) is 1.76. The topological polar surface area (TPSA) is 49.6 Å². The van der Waals surface area contributed by atoms with Crippen molar-refractivity contribution in [3.8, 4) is 0 Å². The molecule has 2 heterocycles. The van der Waals surface area contributed by atoms with E-state index in [-0.39, 0.29) is 5.92 Å². The summed E-state index contributed by atoms with van der Waals surface area (Å²) in [6.07, 6.45) is 7.13. The standard InChI is InChI=1S/C16H29N3O/c1-18-8-3-5-13-11-19(9-7-15(13)18)16(20)14-6-2-4-12(14)10-17/h12-15H,2-11,17H2,1H3. The van der Waals surface area contributed by atoms with Crippen molar-refractivity contribution in [2.75, 3.05) is 33.2 Å². The van der Waals surface area contributed by atoms with E-state index in [1.807, 2.05) is 0 Å². The lowest BCUT2D eigenvalue weighted by Gasteiger charge is -2.46. The summed E-state index contributed by atoms with van der Waals surface area (Å²) in [5.41, 5.74) is 5.84. The Morgan fingerprint density at radius 1 is 1.15 bits per heavy atom. The molecule has 4 atom stereocenters. The maximum Gasteiger partial charge on any atom is 0.226 e. The maximum absolute atomic E-state index is 12.8. The fourth-order valence-electron chi connectivity index (χ4n) is 4.73. The van der Waals surface area contributed by atoms with E-state index in [2.05, 4.69) is 16.8 Å². The van der Waals surface area contributed by atoms with Crippen LogP contribution < -0.4 is 5.73 Å². The van der Waals surface area contributed by atoms with Crippen LogP contribution in [-0.4, -0.2) is 55.0 Å². The normalized spacial score (nSPS) is 38.8. The van der Waals surface area contributed by atoms with Gasteiger partial charge in [-0.05, 0) is 64.1 Å². The minimum absolute atomic E-state index is 0.220. The van der Waals surface area contributed by atoms with Crippen LogP contribution >= 0.6 is 0 Å². The summed E-state index contributed by atoms with van der Waals surface area (Å²) >= 11 is 0. The monoisotopic (exact) mass is 279 g/mol. The van der Waals surface area contributed by atoms with E-state index in [0.717, 1.165) is 32.4 Å². The number of nitrogens with two attached hydrogens (primary N) is 1. The second-order valence-corrected chi connectivity index (χ2v) is 7.06. The quantitative estimate of drug-likeness (QED) is 0.829. The number of likely N-dealkylation sites (tertiary alicyclic amines) is 2. The molecule has 0 aromatic rings. The average Bonchev–Trinajstić information content (AvgIpc) is 2.95. The zero-order chi connectivity index (χ0) is 14.1. The number of rotatable bonds is 2. The van der Waals surface area contributed by atoms with Gasteiger partial charge in [0.1, 0.15) is 0 Å².